The Labute approximate surface area is 221 Å². The van der Waals surface area contributed by atoms with Gasteiger partial charge in [-0.1, -0.05) is 108 Å². The number of hydrogen-bond donors (Lipinski definition) is 0. The van der Waals surface area contributed by atoms with Gasteiger partial charge in [-0.3, -0.25) is 4.79 Å². The third kappa shape index (κ3) is 5.24. The molecule has 186 valence electrons. The number of carbonyl (C=O) groups is 1. The van der Waals surface area contributed by atoms with Crippen molar-refractivity contribution < 1.29 is 13.2 Å². The lowest BCUT2D eigenvalue weighted by Crippen LogP contribution is -2.33. The van der Waals surface area contributed by atoms with Crippen LogP contribution >= 0.6 is 11.8 Å². The van der Waals surface area contributed by atoms with E-state index in [1.165, 1.54) is 11.8 Å². The molecule has 1 saturated heterocycles. The second-order valence-corrected chi connectivity index (χ2v) is 11.7. The summed E-state index contributed by atoms with van der Waals surface area (Å²) in [6.45, 7) is 3.90. The highest BCUT2D eigenvalue weighted by Gasteiger charge is 2.46. The number of hydrogen-bond acceptors (Lipinski definition) is 4. The van der Waals surface area contributed by atoms with Crippen LogP contribution in [0, 0.1) is 13.8 Å². The number of aryl methyl sites for hydroxylation is 2. The molecule has 0 saturated carbocycles. The molecule has 37 heavy (non-hydrogen) atoms. The van der Waals surface area contributed by atoms with E-state index in [4.69, 9.17) is 0 Å². The third-order valence-corrected chi connectivity index (χ3v) is 8.91. The molecule has 0 radical (unpaired) electrons. The van der Waals surface area contributed by atoms with Gasteiger partial charge in [0.25, 0.3) is 10.0 Å². The highest BCUT2D eigenvalue weighted by Crippen LogP contribution is 2.46. The third-order valence-electron chi connectivity index (χ3n) is 6.29. The summed E-state index contributed by atoms with van der Waals surface area (Å²) in [5, 5.41) is -0.328. The van der Waals surface area contributed by atoms with E-state index in [1.807, 2.05) is 91.5 Å². The fourth-order valence-electron chi connectivity index (χ4n) is 4.33. The van der Waals surface area contributed by atoms with Gasteiger partial charge in [-0.2, -0.15) is 8.42 Å². The van der Waals surface area contributed by atoms with Crippen LogP contribution in [0.5, 0.6) is 0 Å². The van der Waals surface area contributed by atoms with Gasteiger partial charge in [0.05, 0.1) is 10.9 Å². The Kier molecular flexibility index (Phi) is 7.00. The van der Waals surface area contributed by atoms with Crippen molar-refractivity contribution in [2.24, 2.45) is 4.40 Å². The van der Waals surface area contributed by atoms with Gasteiger partial charge >= 0.3 is 0 Å². The summed E-state index contributed by atoms with van der Waals surface area (Å²) in [5.74, 6) is -0.0745. The quantitative estimate of drug-likeness (QED) is 0.265. The van der Waals surface area contributed by atoms with Crippen molar-refractivity contribution in [2.75, 3.05) is 4.90 Å². The summed E-state index contributed by atoms with van der Waals surface area (Å²) < 4.78 is 31.1. The van der Waals surface area contributed by atoms with E-state index in [9.17, 15) is 13.2 Å². The Morgan fingerprint density at radius 2 is 1.30 bits per heavy atom. The van der Waals surface area contributed by atoms with Crippen molar-refractivity contribution in [1.82, 2.24) is 0 Å². The number of thioether (sulfide) groups is 1. The molecule has 0 unspecified atom stereocenters. The summed E-state index contributed by atoms with van der Waals surface area (Å²) in [7, 11) is -4.01. The maximum atomic E-state index is 13.8. The standard InChI is InChI=1S/C30H26N2O3S2/c1-21-13-17-25(18-14-21)32-27(23-9-5-3-6-10-23)29(28(33)24-11-7-4-8-12-24)36-30(32)31-37(34,35)26-19-15-22(2)16-20-26/h3-20,27,29H,1-2H3/b31-30+/t27-,29+/m0/s1. The predicted octanol–water partition coefficient (Wildman–Crippen LogP) is 6.59. The second kappa shape index (κ2) is 10.4. The maximum absolute atomic E-state index is 13.8. The van der Waals surface area contributed by atoms with E-state index in [2.05, 4.69) is 4.40 Å². The van der Waals surface area contributed by atoms with Gasteiger partial charge in [0.2, 0.25) is 0 Å². The fraction of sp³-hybridized carbons (Fsp3) is 0.133. The lowest BCUT2D eigenvalue weighted by atomic mass is 9.96. The fourth-order valence-corrected chi connectivity index (χ4v) is 6.89. The summed E-state index contributed by atoms with van der Waals surface area (Å²) in [6, 6.07) is 32.8. The number of ketones is 1. The van der Waals surface area contributed by atoms with Gasteiger partial charge in [0.1, 0.15) is 5.25 Å². The molecule has 0 aliphatic carbocycles. The van der Waals surface area contributed by atoms with Crippen molar-refractivity contribution in [2.45, 2.75) is 30.0 Å². The molecular weight excluding hydrogens is 500 g/mol. The van der Waals surface area contributed by atoms with E-state index in [0.29, 0.717) is 5.56 Å². The molecule has 1 heterocycles. The van der Waals surface area contributed by atoms with Crippen molar-refractivity contribution in [1.29, 1.82) is 0 Å². The van der Waals surface area contributed by atoms with Gasteiger partial charge in [-0.15, -0.1) is 4.40 Å². The zero-order valence-electron chi connectivity index (χ0n) is 20.5. The van der Waals surface area contributed by atoms with Crippen LogP contribution in [0.15, 0.2) is 118 Å². The van der Waals surface area contributed by atoms with Crippen molar-refractivity contribution in [3.8, 4) is 0 Å². The van der Waals surface area contributed by atoms with Crippen LogP contribution in [0.2, 0.25) is 0 Å². The lowest BCUT2D eigenvalue weighted by molar-refractivity contribution is 0.0983. The Morgan fingerprint density at radius 1 is 0.757 bits per heavy atom. The normalized spacial score (nSPS) is 18.8. The molecule has 0 amide bonds. The topological polar surface area (TPSA) is 66.8 Å². The average Bonchev–Trinajstić information content (AvgIpc) is 3.28. The summed E-state index contributed by atoms with van der Waals surface area (Å²) in [6.07, 6.45) is 0. The number of sulfonamides is 1. The monoisotopic (exact) mass is 526 g/mol. The molecule has 5 rings (SSSR count). The molecule has 0 spiro atoms. The predicted molar refractivity (Wildman–Crippen MR) is 151 cm³/mol. The minimum atomic E-state index is -4.01. The molecule has 1 aliphatic rings. The number of benzene rings is 4. The van der Waals surface area contributed by atoms with Gasteiger partial charge in [-0.25, -0.2) is 0 Å². The molecule has 0 aromatic heterocycles. The number of amidine groups is 1. The molecule has 0 N–H and O–H groups in total. The second-order valence-electron chi connectivity index (χ2n) is 8.99. The van der Waals surface area contributed by atoms with Crippen LogP contribution in [0.1, 0.15) is 33.1 Å². The minimum Gasteiger partial charge on any atom is -0.311 e. The highest BCUT2D eigenvalue weighted by atomic mass is 32.2. The highest BCUT2D eigenvalue weighted by molar-refractivity contribution is 8.16. The molecule has 1 aliphatic heterocycles. The SMILES string of the molecule is Cc1ccc(N2/C(=N\S(=O)(=O)c3ccc(C)cc3)S[C@@H](C(=O)c3ccccc3)[C@@H]2c2ccccc2)cc1. The molecule has 0 bridgehead atoms. The summed E-state index contributed by atoms with van der Waals surface area (Å²) in [4.78, 5) is 15.8. The largest absolute Gasteiger partial charge is 0.311 e. The smallest absolute Gasteiger partial charge is 0.284 e. The van der Waals surface area contributed by atoms with Gasteiger partial charge in [-0.05, 0) is 43.7 Å². The Hall–Kier alpha value is -3.68. The van der Waals surface area contributed by atoms with E-state index in [0.717, 1.165) is 22.4 Å². The molecule has 4 aromatic rings. The first kappa shape index (κ1) is 25.0. The number of Topliss-reactive ketones (excluding diaryl/α,β-unsaturated/α-hetero) is 1. The van der Waals surface area contributed by atoms with Crippen LogP contribution in [0.4, 0.5) is 5.69 Å². The van der Waals surface area contributed by atoms with Crippen LogP contribution in [-0.2, 0) is 10.0 Å². The number of nitrogens with zero attached hydrogens (tertiary/aromatic N) is 2. The lowest BCUT2D eigenvalue weighted by Gasteiger charge is -2.28. The number of anilines is 1. The van der Waals surface area contributed by atoms with Gasteiger partial charge in [0, 0.05) is 11.3 Å². The summed E-state index contributed by atoms with van der Waals surface area (Å²) in [5.41, 5.74) is 4.29. The molecule has 4 aromatic carbocycles. The van der Waals surface area contributed by atoms with E-state index in [1.54, 1.807) is 36.4 Å². The Morgan fingerprint density at radius 3 is 1.89 bits per heavy atom. The Balaban J connectivity index is 1.68. The van der Waals surface area contributed by atoms with Gasteiger partial charge in [0.15, 0.2) is 11.0 Å². The van der Waals surface area contributed by atoms with Crippen LogP contribution < -0.4 is 4.90 Å². The first-order chi connectivity index (χ1) is 17.8. The summed E-state index contributed by atoms with van der Waals surface area (Å²) >= 11 is 1.20. The zero-order valence-corrected chi connectivity index (χ0v) is 22.1. The molecular formula is C30H26N2O3S2. The van der Waals surface area contributed by atoms with Crippen molar-refractivity contribution in [3.63, 3.8) is 0 Å². The van der Waals surface area contributed by atoms with Crippen LogP contribution in [0.3, 0.4) is 0 Å². The number of rotatable bonds is 6. The van der Waals surface area contributed by atoms with E-state index >= 15 is 0 Å². The molecule has 5 nitrogen and oxygen atoms in total. The zero-order chi connectivity index (χ0) is 26.0. The van der Waals surface area contributed by atoms with E-state index in [-0.39, 0.29) is 15.8 Å². The minimum absolute atomic E-state index is 0.0745. The van der Waals surface area contributed by atoms with Gasteiger partial charge < -0.3 is 4.90 Å². The van der Waals surface area contributed by atoms with E-state index < -0.39 is 21.3 Å². The average molecular weight is 527 g/mol. The molecule has 1 fully saturated rings. The first-order valence-corrected chi connectivity index (χ1v) is 14.2. The number of carbonyl (C=O) groups excluding carboxylic acids is 1. The Bertz CT molecular complexity index is 1530. The first-order valence-electron chi connectivity index (χ1n) is 11.9. The molecule has 7 heteroatoms. The van der Waals surface area contributed by atoms with Crippen LogP contribution in [0.25, 0.3) is 0 Å². The molecule has 2 atom stereocenters. The maximum Gasteiger partial charge on any atom is 0.284 e. The van der Waals surface area contributed by atoms with Crippen molar-refractivity contribution >= 4 is 38.4 Å². The van der Waals surface area contributed by atoms with Crippen molar-refractivity contribution in [3.05, 3.63) is 131 Å². The van der Waals surface area contributed by atoms with Crippen LogP contribution in [-0.4, -0.2) is 24.6 Å².